The van der Waals surface area contributed by atoms with E-state index in [0.717, 1.165) is 16.3 Å². The zero-order chi connectivity index (χ0) is 20.0. The van der Waals surface area contributed by atoms with Gasteiger partial charge in [-0.15, -0.1) is 0 Å². The Hall–Kier alpha value is -3.74. The van der Waals surface area contributed by atoms with Crippen LogP contribution in [0.3, 0.4) is 0 Å². The normalized spacial score (nSPS) is 15.7. The molecule has 2 N–H and O–H groups in total. The Morgan fingerprint density at radius 3 is 2.66 bits per heavy atom. The van der Waals surface area contributed by atoms with E-state index in [1.807, 2.05) is 10.6 Å². The smallest absolute Gasteiger partial charge is 0.165 e. The molecule has 2 aromatic carbocycles. The summed E-state index contributed by atoms with van der Waals surface area (Å²) in [5, 5.41) is 2.15. The summed E-state index contributed by atoms with van der Waals surface area (Å²) in [4.78, 5) is 20.1. The number of imidazole rings is 1. The van der Waals surface area contributed by atoms with Gasteiger partial charge in [-0.2, -0.15) is 0 Å². The lowest BCUT2D eigenvalue weighted by Crippen LogP contribution is -2.45. The van der Waals surface area contributed by atoms with E-state index >= 15 is 0 Å². The number of fused-ring (bicyclic) bond motifs is 2. The third-order valence-corrected chi connectivity index (χ3v) is 5.36. The maximum atomic E-state index is 5.95. The van der Waals surface area contributed by atoms with Gasteiger partial charge in [-0.05, 0) is 37.1 Å². The molecule has 1 atom stereocenters. The SMILES string of the molecule is Cc1ccccc1N1C=c2c(C)cccc2=NC1Cn1cnc2c(N)ncnc21. The summed E-state index contributed by atoms with van der Waals surface area (Å²) in [6, 6.07) is 14.6. The molecule has 2 aromatic heterocycles. The molecular formula is C22H21N7. The van der Waals surface area contributed by atoms with Crippen LogP contribution in [0.1, 0.15) is 11.1 Å². The van der Waals surface area contributed by atoms with Crippen LogP contribution in [0.5, 0.6) is 0 Å². The second-order valence-electron chi connectivity index (χ2n) is 7.27. The fourth-order valence-corrected chi connectivity index (χ4v) is 3.81. The van der Waals surface area contributed by atoms with Gasteiger partial charge in [-0.1, -0.05) is 30.3 Å². The van der Waals surface area contributed by atoms with E-state index in [2.05, 4.69) is 76.3 Å². The van der Waals surface area contributed by atoms with Gasteiger partial charge in [-0.3, -0.25) is 4.99 Å². The van der Waals surface area contributed by atoms with Crippen molar-refractivity contribution < 1.29 is 0 Å². The predicted molar refractivity (Wildman–Crippen MR) is 114 cm³/mol. The number of para-hydroxylation sites is 1. The summed E-state index contributed by atoms with van der Waals surface area (Å²) in [7, 11) is 0. The summed E-state index contributed by atoms with van der Waals surface area (Å²) in [6.07, 6.45) is 5.29. The molecule has 0 saturated carbocycles. The van der Waals surface area contributed by atoms with Crippen LogP contribution < -0.4 is 21.2 Å². The monoisotopic (exact) mass is 383 g/mol. The number of nitrogens with zero attached hydrogens (tertiary/aromatic N) is 6. The van der Waals surface area contributed by atoms with Gasteiger partial charge in [-0.25, -0.2) is 15.0 Å². The molecular weight excluding hydrogens is 362 g/mol. The van der Waals surface area contributed by atoms with Crippen molar-refractivity contribution in [2.75, 3.05) is 10.6 Å². The fraction of sp³-hybridized carbons (Fsp3) is 0.182. The first-order valence-corrected chi connectivity index (χ1v) is 9.52. The summed E-state index contributed by atoms with van der Waals surface area (Å²) in [5.41, 5.74) is 10.8. The van der Waals surface area contributed by atoms with Crippen LogP contribution >= 0.6 is 0 Å². The molecule has 7 heteroatoms. The predicted octanol–water partition coefficient (Wildman–Crippen LogP) is 1.93. The third kappa shape index (κ3) is 2.91. The van der Waals surface area contributed by atoms with Crippen molar-refractivity contribution in [1.29, 1.82) is 0 Å². The van der Waals surface area contributed by atoms with Crippen LogP contribution in [0.25, 0.3) is 17.4 Å². The third-order valence-electron chi connectivity index (χ3n) is 5.36. The molecule has 7 nitrogen and oxygen atoms in total. The maximum absolute atomic E-state index is 5.95. The van der Waals surface area contributed by atoms with Gasteiger partial charge in [0.1, 0.15) is 18.0 Å². The van der Waals surface area contributed by atoms with Gasteiger partial charge in [0.25, 0.3) is 0 Å². The average molecular weight is 383 g/mol. The summed E-state index contributed by atoms with van der Waals surface area (Å²) >= 11 is 0. The highest BCUT2D eigenvalue weighted by Gasteiger charge is 2.22. The molecule has 144 valence electrons. The number of aryl methyl sites for hydroxylation is 2. The second-order valence-corrected chi connectivity index (χ2v) is 7.27. The van der Waals surface area contributed by atoms with Gasteiger partial charge in [0.05, 0.1) is 18.2 Å². The number of nitrogen functional groups attached to an aromatic ring is 1. The molecule has 0 spiro atoms. The molecule has 29 heavy (non-hydrogen) atoms. The van der Waals surface area contributed by atoms with Crippen LogP contribution in [-0.4, -0.2) is 25.7 Å². The van der Waals surface area contributed by atoms with E-state index in [0.29, 0.717) is 23.5 Å². The van der Waals surface area contributed by atoms with Crippen molar-refractivity contribution in [3.05, 3.63) is 76.8 Å². The maximum Gasteiger partial charge on any atom is 0.165 e. The van der Waals surface area contributed by atoms with Crippen molar-refractivity contribution in [3.8, 4) is 0 Å². The molecule has 0 fully saturated rings. The molecule has 1 unspecified atom stereocenters. The number of anilines is 2. The number of hydrogen-bond acceptors (Lipinski definition) is 6. The molecule has 0 aliphatic carbocycles. The Bertz CT molecular complexity index is 1340. The zero-order valence-corrected chi connectivity index (χ0v) is 16.3. The number of nitrogens with two attached hydrogens (primary N) is 1. The van der Waals surface area contributed by atoms with Crippen LogP contribution in [0.15, 0.2) is 60.1 Å². The summed E-state index contributed by atoms with van der Waals surface area (Å²) < 4.78 is 1.99. The van der Waals surface area contributed by atoms with Crippen molar-refractivity contribution in [2.24, 2.45) is 4.99 Å². The van der Waals surface area contributed by atoms with E-state index in [4.69, 9.17) is 10.7 Å². The van der Waals surface area contributed by atoms with Gasteiger partial charge in [0.15, 0.2) is 11.5 Å². The Labute approximate surface area is 167 Å². The van der Waals surface area contributed by atoms with Crippen LogP contribution in [0.2, 0.25) is 0 Å². The molecule has 0 radical (unpaired) electrons. The van der Waals surface area contributed by atoms with Gasteiger partial charge < -0.3 is 15.2 Å². The number of hydrogen-bond donors (Lipinski definition) is 1. The topological polar surface area (TPSA) is 85.2 Å². The first-order valence-electron chi connectivity index (χ1n) is 9.52. The largest absolute Gasteiger partial charge is 0.382 e. The van der Waals surface area contributed by atoms with Crippen molar-refractivity contribution in [2.45, 2.75) is 26.6 Å². The Balaban J connectivity index is 1.66. The average Bonchev–Trinajstić information content (AvgIpc) is 3.13. The van der Waals surface area contributed by atoms with E-state index in [-0.39, 0.29) is 6.17 Å². The highest BCUT2D eigenvalue weighted by molar-refractivity contribution is 5.81. The van der Waals surface area contributed by atoms with Crippen LogP contribution in [-0.2, 0) is 6.54 Å². The fourth-order valence-electron chi connectivity index (χ4n) is 3.81. The molecule has 0 bridgehead atoms. The molecule has 3 heterocycles. The number of aromatic nitrogens is 4. The van der Waals surface area contributed by atoms with Crippen LogP contribution in [0.4, 0.5) is 11.5 Å². The minimum absolute atomic E-state index is 0.140. The van der Waals surface area contributed by atoms with Crippen molar-refractivity contribution >= 4 is 28.9 Å². The Morgan fingerprint density at radius 1 is 0.966 bits per heavy atom. The molecule has 1 aliphatic rings. The lowest BCUT2D eigenvalue weighted by atomic mass is 10.1. The van der Waals surface area contributed by atoms with E-state index in [1.54, 1.807) is 6.33 Å². The first kappa shape index (κ1) is 17.4. The standard InChI is InChI=1S/C22H21N7/c1-14-7-5-8-17-16(14)10-29(18-9-4-3-6-15(18)2)19(27-17)11-28-13-26-20-21(23)24-12-25-22(20)28/h3-10,12-13,19H,11H2,1-2H3,(H2,23,24,25). The van der Waals surface area contributed by atoms with Crippen molar-refractivity contribution in [1.82, 2.24) is 19.5 Å². The highest BCUT2D eigenvalue weighted by Crippen LogP contribution is 2.25. The molecule has 0 amide bonds. The lowest BCUT2D eigenvalue weighted by Gasteiger charge is -2.31. The van der Waals surface area contributed by atoms with Gasteiger partial charge in [0.2, 0.25) is 0 Å². The van der Waals surface area contributed by atoms with E-state index in [9.17, 15) is 0 Å². The number of benzene rings is 2. The number of rotatable bonds is 3. The minimum atomic E-state index is -0.140. The first-order chi connectivity index (χ1) is 14.1. The molecule has 4 aromatic rings. The Kier molecular flexibility index (Phi) is 4.01. The summed E-state index contributed by atoms with van der Waals surface area (Å²) in [5.74, 6) is 0.387. The minimum Gasteiger partial charge on any atom is -0.382 e. The van der Waals surface area contributed by atoms with E-state index < -0.39 is 0 Å². The second kappa shape index (κ2) is 6.70. The van der Waals surface area contributed by atoms with Crippen LogP contribution in [0, 0.1) is 13.8 Å². The molecule has 1 aliphatic heterocycles. The quantitative estimate of drug-likeness (QED) is 0.584. The van der Waals surface area contributed by atoms with Gasteiger partial charge in [0, 0.05) is 17.1 Å². The molecule has 5 rings (SSSR count). The Morgan fingerprint density at radius 2 is 1.79 bits per heavy atom. The van der Waals surface area contributed by atoms with E-state index in [1.165, 1.54) is 17.5 Å². The molecule has 0 saturated heterocycles. The zero-order valence-electron chi connectivity index (χ0n) is 16.3. The lowest BCUT2D eigenvalue weighted by molar-refractivity contribution is 0.556. The highest BCUT2D eigenvalue weighted by atomic mass is 15.3. The van der Waals surface area contributed by atoms with Gasteiger partial charge >= 0.3 is 0 Å². The van der Waals surface area contributed by atoms with Crippen molar-refractivity contribution in [3.63, 3.8) is 0 Å². The summed E-state index contributed by atoms with van der Waals surface area (Å²) in [6.45, 7) is 4.82.